The molecule has 1 saturated carbocycles. The van der Waals surface area contributed by atoms with Gasteiger partial charge in [0.05, 0.1) is 5.92 Å². The number of hydrogen-bond acceptors (Lipinski definition) is 3. The first-order valence-electron chi connectivity index (χ1n) is 11.9. The topological polar surface area (TPSA) is 70.2 Å². The maximum atomic E-state index is 12.1. The molecular formula is C27H35N3O2. The summed E-state index contributed by atoms with van der Waals surface area (Å²) in [5.74, 6) is 0.385. The first-order valence-corrected chi connectivity index (χ1v) is 11.9. The third-order valence-electron chi connectivity index (χ3n) is 7.02. The second kappa shape index (κ2) is 9.76. The number of rotatable bonds is 7. The molecule has 2 aromatic rings. The molecule has 2 fully saturated rings. The van der Waals surface area contributed by atoms with Gasteiger partial charge in [0, 0.05) is 30.9 Å². The average molecular weight is 434 g/mol. The quantitative estimate of drug-likeness (QED) is 0.581. The van der Waals surface area contributed by atoms with Crippen LogP contribution in [0.2, 0.25) is 0 Å². The molecule has 2 aromatic carbocycles. The summed E-state index contributed by atoms with van der Waals surface area (Å²) < 4.78 is 0. The Morgan fingerprint density at radius 2 is 1.62 bits per heavy atom. The smallest absolute Gasteiger partial charge is 0.225 e. The molecule has 1 heterocycles. The van der Waals surface area contributed by atoms with Gasteiger partial charge in [0.1, 0.15) is 0 Å². The first kappa shape index (κ1) is 22.4. The maximum Gasteiger partial charge on any atom is 0.225 e. The highest BCUT2D eigenvalue weighted by atomic mass is 16.2. The molecule has 1 aliphatic carbocycles. The van der Waals surface area contributed by atoms with E-state index in [-0.39, 0.29) is 17.7 Å². The minimum Gasteiger partial charge on any atom is -0.356 e. The predicted molar refractivity (Wildman–Crippen MR) is 129 cm³/mol. The van der Waals surface area contributed by atoms with E-state index in [1.165, 1.54) is 36.8 Å². The van der Waals surface area contributed by atoms with Crippen molar-refractivity contribution in [2.45, 2.75) is 58.3 Å². The fourth-order valence-corrected chi connectivity index (χ4v) is 4.76. The molecule has 1 atom stereocenters. The molecule has 32 heavy (non-hydrogen) atoms. The zero-order valence-electron chi connectivity index (χ0n) is 19.2. The Hall–Kier alpha value is -2.82. The lowest BCUT2D eigenvalue weighted by Crippen LogP contribution is -2.33. The van der Waals surface area contributed by atoms with Crippen LogP contribution in [0.15, 0.2) is 48.5 Å². The third-order valence-corrected chi connectivity index (χ3v) is 7.02. The Morgan fingerprint density at radius 1 is 1.00 bits per heavy atom. The van der Waals surface area contributed by atoms with E-state index in [1.54, 1.807) is 0 Å². The Labute approximate surface area is 191 Å². The Balaban J connectivity index is 1.23. The molecule has 5 nitrogen and oxygen atoms in total. The molecule has 5 heteroatoms. The second-order valence-corrected chi connectivity index (χ2v) is 10.1. The van der Waals surface area contributed by atoms with Crippen molar-refractivity contribution in [2.75, 3.05) is 18.4 Å². The lowest BCUT2D eigenvalue weighted by Gasteiger charge is -2.34. The van der Waals surface area contributed by atoms with Gasteiger partial charge >= 0.3 is 0 Å². The monoisotopic (exact) mass is 433 g/mol. The van der Waals surface area contributed by atoms with E-state index in [0.717, 1.165) is 17.8 Å². The van der Waals surface area contributed by atoms with E-state index in [0.29, 0.717) is 30.8 Å². The van der Waals surface area contributed by atoms with Crippen molar-refractivity contribution in [3.8, 4) is 0 Å². The van der Waals surface area contributed by atoms with E-state index >= 15 is 0 Å². The van der Waals surface area contributed by atoms with Gasteiger partial charge in [-0.05, 0) is 78.8 Å². The van der Waals surface area contributed by atoms with Crippen LogP contribution in [0.25, 0.3) is 0 Å². The van der Waals surface area contributed by atoms with Crippen LogP contribution in [0.4, 0.5) is 11.4 Å². The molecular weight excluding hydrogens is 398 g/mol. The molecule has 3 N–H and O–H groups in total. The SMILES string of the molecule is CC1(C)CCC(c2ccc(Nc3ccc(CCNC(=O)C4CNC(=O)C4)cc3)cc2)CC1. The van der Waals surface area contributed by atoms with E-state index in [4.69, 9.17) is 0 Å². The van der Waals surface area contributed by atoms with Crippen molar-refractivity contribution in [1.82, 2.24) is 10.6 Å². The molecule has 1 aliphatic heterocycles. The highest BCUT2D eigenvalue weighted by molar-refractivity contribution is 5.89. The number of nitrogens with one attached hydrogen (secondary N) is 3. The van der Waals surface area contributed by atoms with Crippen LogP contribution in [-0.2, 0) is 16.0 Å². The predicted octanol–water partition coefficient (Wildman–Crippen LogP) is 4.91. The molecule has 2 amide bonds. The standard InChI is InChI=1S/C27H35N3O2/c1-27(2)14-11-21(12-15-27)20-5-9-24(10-6-20)30-23-7-3-19(4-8-23)13-16-28-26(32)22-17-25(31)29-18-22/h3-10,21-22,30H,11-18H2,1-2H3,(H,28,32)(H,29,31). The zero-order valence-corrected chi connectivity index (χ0v) is 19.2. The van der Waals surface area contributed by atoms with Crippen molar-refractivity contribution >= 4 is 23.2 Å². The van der Waals surface area contributed by atoms with Crippen LogP contribution < -0.4 is 16.0 Å². The molecule has 2 aliphatic rings. The van der Waals surface area contributed by atoms with Gasteiger partial charge in [0.2, 0.25) is 11.8 Å². The van der Waals surface area contributed by atoms with Crippen LogP contribution in [0.3, 0.4) is 0 Å². The highest BCUT2D eigenvalue weighted by Crippen LogP contribution is 2.42. The maximum absolute atomic E-state index is 12.1. The normalized spacial score (nSPS) is 20.6. The van der Waals surface area contributed by atoms with Crippen molar-refractivity contribution in [2.24, 2.45) is 11.3 Å². The van der Waals surface area contributed by atoms with Crippen molar-refractivity contribution < 1.29 is 9.59 Å². The summed E-state index contributed by atoms with van der Waals surface area (Å²) in [6, 6.07) is 17.2. The van der Waals surface area contributed by atoms with Crippen LogP contribution >= 0.6 is 0 Å². The number of benzene rings is 2. The number of carbonyl (C=O) groups is 2. The van der Waals surface area contributed by atoms with Gasteiger partial charge < -0.3 is 16.0 Å². The van der Waals surface area contributed by atoms with E-state index in [9.17, 15) is 9.59 Å². The summed E-state index contributed by atoms with van der Waals surface area (Å²) in [5.41, 5.74) is 5.29. The average Bonchev–Trinajstić information content (AvgIpc) is 3.22. The third kappa shape index (κ3) is 5.90. The fraction of sp³-hybridized carbons (Fsp3) is 0.481. The second-order valence-electron chi connectivity index (χ2n) is 10.1. The first-order chi connectivity index (χ1) is 15.4. The summed E-state index contributed by atoms with van der Waals surface area (Å²) in [7, 11) is 0. The van der Waals surface area contributed by atoms with Crippen LogP contribution in [0, 0.1) is 11.3 Å². The lowest BCUT2D eigenvalue weighted by atomic mass is 9.71. The summed E-state index contributed by atoms with van der Waals surface area (Å²) in [6.07, 6.45) is 6.27. The Kier molecular flexibility index (Phi) is 6.83. The largest absolute Gasteiger partial charge is 0.356 e. The van der Waals surface area contributed by atoms with Gasteiger partial charge in [-0.1, -0.05) is 38.1 Å². The summed E-state index contributed by atoms with van der Waals surface area (Å²) in [5, 5.41) is 9.12. The minimum atomic E-state index is -0.231. The van der Waals surface area contributed by atoms with Gasteiger partial charge in [-0.25, -0.2) is 0 Å². The number of carbonyl (C=O) groups excluding carboxylic acids is 2. The van der Waals surface area contributed by atoms with E-state index in [1.807, 2.05) is 0 Å². The lowest BCUT2D eigenvalue weighted by molar-refractivity contribution is -0.126. The number of anilines is 2. The van der Waals surface area contributed by atoms with E-state index < -0.39 is 0 Å². The summed E-state index contributed by atoms with van der Waals surface area (Å²) >= 11 is 0. The highest BCUT2D eigenvalue weighted by Gasteiger charge is 2.28. The van der Waals surface area contributed by atoms with Crippen LogP contribution in [0.5, 0.6) is 0 Å². The van der Waals surface area contributed by atoms with Crippen molar-refractivity contribution in [3.63, 3.8) is 0 Å². The molecule has 0 radical (unpaired) electrons. The van der Waals surface area contributed by atoms with Gasteiger partial charge in [-0.15, -0.1) is 0 Å². The molecule has 1 unspecified atom stereocenters. The van der Waals surface area contributed by atoms with Gasteiger partial charge in [0.15, 0.2) is 0 Å². The van der Waals surface area contributed by atoms with Crippen molar-refractivity contribution in [3.05, 3.63) is 59.7 Å². The molecule has 4 rings (SSSR count). The van der Waals surface area contributed by atoms with Gasteiger partial charge in [0.25, 0.3) is 0 Å². The minimum absolute atomic E-state index is 0.0398. The molecule has 170 valence electrons. The number of amides is 2. The molecule has 0 aromatic heterocycles. The van der Waals surface area contributed by atoms with Gasteiger partial charge in [-0.2, -0.15) is 0 Å². The summed E-state index contributed by atoms with van der Waals surface area (Å²) in [6.45, 7) is 5.80. The Morgan fingerprint density at radius 3 is 2.22 bits per heavy atom. The van der Waals surface area contributed by atoms with E-state index in [2.05, 4.69) is 78.3 Å². The Bertz CT molecular complexity index is 924. The molecule has 0 bridgehead atoms. The van der Waals surface area contributed by atoms with Gasteiger partial charge in [-0.3, -0.25) is 9.59 Å². The fourth-order valence-electron chi connectivity index (χ4n) is 4.76. The molecule has 0 spiro atoms. The van der Waals surface area contributed by atoms with Crippen LogP contribution in [0.1, 0.15) is 63.0 Å². The zero-order chi connectivity index (χ0) is 22.6. The molecule has 1 saturated heterocycles. The number of hydrogen-bond donors (Lipinski definition) is 3. The van der Waals surface area contributed by atoms with Crippen LogP contribution in [-0.4, -0.2) is 24.9 Å². The summed E-state index contributed by atoms with van der Waals surface area (Å²) in [4.78, 5) is 23.3. The van der Waals surface area contributed by atoms with Crippen molar-refractivity contribution in [1.29, 1.82) is 0 Å².